The SMILES string of the molecule is COC1CCN(Cc2cccc(C#CCN)c2)CC1. The van der Waals surface area contributed by atoms with Crippen molar-refractivity contribution in [3.05, 3.63) is 35.4 Å². The van der Waals surface area contributed by atoms with Gasteiger partial charge in [0.2, 0.25) is 0 Å². The molecule has 1 fully saturated rings. The molecule has 2 N–H and O–H groups in total. The summed E-state index contributed by atoms with van der Waals surface area (Å²) < 4.78 is 5.40. The minimum Gasteiger partial charge on any atom is -0.381 e. The maximum Gasteiger partial charge on any atom is 0.0595 e. The fourth-order valence-corrected chi connectivity index (χ4v) is 2.46. The normalized spacial score (nSPS) is 16.9. The molecule has 0 saturated carbocycles. The van der Waals surface area contributed by atoms with Crippen molar-refractivity contribution in [2.24, 2.45) is 5.73 Å². The third-order valence-corrected chi connectivity index (χ3v) is 3.54. The molecule has 2 rings (SSSR count). The van der Waals surface area contributed by atoms with Gasteiger partial charge in [-0.3, -0.25) is 4.90 Å². The van der Waals surface area contributed by atoms with Gasteiger partial charge in [-0.2, -0.15) is 0 Å². The topological polar surface area (TPSA) is 38.5 Å². The van der Waals surface area contributed by atoms with Crippen LogP contribution in [0.3, 0.4) is 0 Å². The van der Waals surface area contributed by atoms with Gasteiger partial charge in [-0.05, 0) is 30.5 Å². The van der Waals surface area contributed by atoms with E-state index in [0.717, 1.165) is 38.0 Å². The highest BCUT2D eigenvalue weighted by molar-refractivity contribution is 5.37. The summed E-state index contributed by atoms with van der Waals surface area (Å²) in [6.45, 7) is 3.62. The molecule has 1 saturated heterocycles. The zero-order valence-corrected chi connectivity index (χ0v) is 11.6. The lowest BCUT2D eigenvalue weighted by Crippen LogP contribution is -2.36. The number of benzene rings is 1. The Morgan fingerprint density at radius 3 is 2.84 bits per heavy atom. The maximum absolute atomic E-state index is 5.40. The van der Waals surface area contributed by atoms with Crippen LogP contribution in [-0.2, 0) is 11.3 Å². The highest BCUT2D eigenvalue weighted by Crippen LogP contribution is 2.16. The third kappa shape index (κ3) is 4.36. The predicted octanol–water partition coefficient (Wildman–Crippen LogP) is 1.61. The average molecular weight is 258 g/mol. The Kier molecular flexibility index (Phi) is 5.41. The molecule has 0 atom stereocenters. The van der Waals surface area contributed by atoms with E-state index in [4.69, 9.17) is 10.5 Å². The lowest BCUT2D eigenvalue weighted by molar-refractivity contribution is 0.0388. The number of ether oxygens (including phenoxy) is 1. The molecule has 1 aliphatic rings. The number of rotatable bonds is 3. The molecule has 1 heterocycles. The summed E-state index contributed by atoms with van der Waals surface area (Å²) in [6.07, 6.45) is 2.70. The number of methoxy groups -OCH3 is 1. The first-order valence-electron chi connectivity index (χ1n) is 6.85. The number of nitrogens with two attached hydrogens (primary N) is 1. The first kappa shape index (κ1) is 14.1. The molecule has 1 aromatic rings. The van der Waals surface area contributed by atoms with Gasteiger partial charge < -0.3 is 10.5 Å². The molecule has 0 aromatic heterocycles. The first-order chi connectivity index (χ1) is 9.31. The van der Waals surface area contributed by atoms with Crippen molar-refractivity contribution in [1.29, 1.82) is 0 Å². The summed E-state index contributed by atoms with van der Waals surface area (Å²) in [5.41, 5.74) is 7.77. The van der Waals surface area contributed by atoms with Crippen molar-refractivity contribution in [3.63, 3.8) is 0 Å². The Morgan fingerprint density at radius 1 is 1.37 bits per heavy atom. The van der Waals surface area contributed by atoms with E-state index in [2.05, 4.69) is 34.9 Å². The molecular formula is C16H22N2O. The molecule has 1 aliphatic heterocycles. The summed E-state index contributed by atoms with van der Waals surface area (Å²) in [5.74, 6) is 5.98. The van der Waals surface area contributed by atoms with Crippen LogP contribution in [0.15, 0.2) is 24.3 Å². The second-order valence-corrected chi connectivity index (χ2v) is 4.92. The number of likely N-dealkylation sites (tertiary alicyclic amines) is 1. The van der Waals surface area contributed by atoms with Gasteiger partial charge in [-0.1, -0.05) is 24.0 Å². The molecule has 19 heavy (non-hydrogen) atoms. The van der Waals surface area contributed by atoms with Gasteiger partial charge in [0.15, 0.2) is 0 Å². The largest absolute Gasteiger partial charge is 0.381 e. The van der Waals surface area contributed by atoms with Crippen LogP contribution in [0.1, 0.15) is 24.0 Å². The second kappa shape index (κ2) is 7.30. The van der Waals surface area contributed by atoms with Gasteiger partial charge in [-0.25, -0.2) is 0 Å². The smallest absolute Gasteiger partial charge is 0.0595 e. The minimum absolute atomic E-state index is 0.411. The van der Waals surface area contributed by atoms with E-state index in [9.17, 15) is 0 Å². The van der Waals surface area contributed by atoms with E-state index >= 15 is 0 Å². The van der Waals surface area contributed by atoms with Crippen molar-refractivity contribution in [1.82, 2.24) is 4.90 Å². The van der Waals surface area contributed by atoms with Crippen LogP contribution in [0.4, 0.5) is 0 Å². The Labute approximate surface area is 115 Å². The Bertz CT molecular complexity index is 453. The first-order valence-corrected chi connectivity index (χ1v) is 6.85. The molecule has 102 valence electrons. The molecule has 0 radical (unpaired) electrons. The van der Waals surface area contributed by atoms with Gasteiger partial charge in [-0.15, -0.1) is 0 Å². The monoisotopic (exact) mass is 258 g/mol. The van der Waals surface area contributed by atoms with Crippen LogP contribution in [0.2, 0.25) is 0 Å². The zero-order chi connectivity index (χ0) is 13.5. The van der Waals surface area contributed by atoms with Crippen molar-refractivity contribution >= 4 is 0 Å². The van der Waals surface area contributed by atoms with Crippen molar-refractivity contribution in [2.45, 2.75) is 25.5 Å². The molecule has 0 aliphatic carbocycles. The number of hydrogen-bond acceptors (Lipinski definition) is 3. The highest BCUT2D eigenvalue weighted by Gasteiger charge is 2.18. The van der Waals surface area contributed by atoms with Crippen LogP contribution < -0.4 is 5.73 Å². The fraction of sp³-hybridized carbons (Fsp3) is 0.500. The van der Waals surface area contributed by atoms with Crippen molar-refractivity contribution < 1.29 is 4.74 Å². The summed E-state index contributed by atoms with van der Waals surface area (Å²) in [5, 5.41) is 0. The maximum atomic E-state index is 5.40. The summed E-state index contributed by atoms with van der Waals surface area (Å²) in [6, 6.07) is 8.42. The van der Waals surface area contributed by atoms with Crippen molar-refractivity contribution in [2.75, 3.05) is 26.7 Å². The van der Waals surface area contributed by atoms with E-state index in [1.54, 1.807) is 7.11 Å². The van der Waals surface area contributed by atoms with Gasteiger partial charge in [0, 0.05) is 32.3 Å². The molecule has 3 heteroatoms. The Morgan fingerprint density at radius 2 is 2.16 bits per heavy atom. The van der Waals surface area contributed by atoms with E-state index < -0.39 is 0 Å². The Hall–Kier alpha value is -1.34. The molecule has 0 unspecified atom stereocenters. The number of piperidine rings is 1. The second-order valence-electron chi connectivity index (χ2n) is 4.92. The zero-order valence-electron chi connectivity index (χ0n) is 11.6. The van der Waals surface area contributed by atoms with Crippen LogP contribution in [0.5, 0.6) is 0 Å². The van der Waals surface area contributed by atoms with Gasteiger partial charge in [0.05, 0.1) is 12.6 Å². The van der Waals surface area contributed by atoms with E-state index in [1.807, 2.05) is 6.07 Å². The number of nitrogens with zero attached hydrogens (tertiary/aromatic N) is 1. The van der Waals surface area contributed by atoms with Gasteiger partial charge in [0.25, 0.3) is 0 Å². The molecule has 0 amide bonds. The van der Waals surface area contributed by atoms with Crippen LogP contribution in [0, 0.1) is 11.8 Å². The molecule has 1 aromatic carbocycles. The third-order valence-electron chi connectivity index (χ3n) is 3.54. The molecule has 3 nitrogen and oxygen atoms in total. The molecule has 0 bridgehead atoms. The molecular weight excluding hydrogens is 236 g/mol. The summed E-state index contributed by atoms with van der Waals surface area (Å²) in [4.78, 5) is 2.48. The lowest BCUT2D eigenvalue weighted by atomic mass is 10.1. The van der Waals surface area contributed by atoms with E-state index in [1.165, 1.54) is 5.56 Å². The van der Waals surface area contributed by atoms with Gasteiger partial charge in [0.1, 0.15) is 0 Å². The Balaban J connectivity index is 1.92. The van der Waals surface area contributed by atoms with Crippen molar-refractivity contribution in [3.8, 4) is 11.8 Å². The average Bonchev–Trinajstić information content (AvgIpc) is 2.46. The van der Waals surface area contributed by atoms with E-state index in [-0.39, 0.29) is 0 Å². The van der Waals surface area contributed by atoms with Gasteiger partial charge >= 0.3 is 0 Å². The number of hydrogen-bond donors (Lipinski definition) is 1. The highest BCUT2D eigenvalue weighted by atomic mass is 16.5. The molecule has 0 spiro atoms. The summed E-state index contributed by atoms with van der Waals surface area (Å²) >= 11 is 0. The minimum atomic E-state index is 0.411. The fourth-order valence-electron chi connectivity index (χ4n) is 2.46. The predicted molar refractivity (Wildman–Crippen MR) is 77.7 cm³/mol. The standard InChI is InChI=1S/C16H22N2O/c1-19-16-7-10-18(11-8-16)13-15-5-2-4-14(12-15)6-3-9-17/h2,4-5,12,16H,7-11,13,17H2,1H3. The summed E-state index contributed by atoms with van der Waals surface area (Å²) in [7, 11) is 1.81. The quantitative estimate of drug-likeness (QED) is 0.837. The van der Waals surface area contributed by atoms with Crippen LogP contribution in [-0.4, -0.2) is 37.7 Å². The van der Waals surface area contributed by atoms with E-state index in [0.29, 0.717) is 12.6 Å². The van der Waals surface area contributed by atoms with Crippen LogP contribution >= 0.6 is 0 Å². The van der Waals surface area contributed by atoms with Crippen LogP contribution in [0.25, 0.3) is 0 Å². The lowest BCUT2D eigenvalue weighted by Gasteiger charge is -2.31.